The van der Waals surface area contributed by atoms with Crippen LogP contribution in [0, 0.1) is 28.6 Å². The monoisotopic (exact) mass is 464 g/mol. The van der Waals surface area contributed by atoms with Crippen molar-refractivity contribution in [3.8, 4) is 23.5 Å². The number of carbonyl (C=O) groups excluding carboxylic acids is 1. The number of fused-ring (bicyclic) bond motifs is 1. The molecular weight excluding hydrogens is 447 g/mol. The van der Waals surface area contributed by atoms with Crippen molar-refractivity contribution in [2.24, 2.45) is 0 Å². The van der Waals surface area contributed by atoms with E-state index in [9.17, 15) is 14.4 Å². The molecule has 0 saturated carbocycles. The zero-order valence-corrected chi connectivity index (χ0v) is 18.3. The van der Waals surface area contributed by atoms with E-state index in [-0.39, 0.29) is 18.3 Å². The molecule has 35 heavy (non-hydrogen) atoms. The van der Waals surface area contributed by atoms with Gasteiger partial charge in [-0.2, -0.15) is 15.2 Å². The number of anilines is 3. The van der Waals surface area contributed by atoms with E-state index in [1.807, 2.05) is 12.3 Å². The first kappa shape index (κ1) is 21.7. The molecule has 2 aromatic carbocycles. The number of amides is 1. The van der Waals surface area contributed by atoms with E-state index >= 15 is 0 Å². The quantitative estimate of drug-likeness (QED) is 0.479. The summed E-state index contributed by atoms with van der Waals surface area (Å²) in [6.45, 7) is 0.416. The number of benzene rings is 2. The first-order chi connectivity index (χ1) is 17.1. The van der Waals surface area contributed by atoms with Gasteiger partial charge in [0.1, 0.15) is 11.9 Å². The van der Waals surface area contributed by atoms with Crippen LogP contribution in [-0.2, 0) is 17.6 Å². The van der Waals surface area contributed by atoms with Gasteiger partial charge >= 0.3 is 0 Å². The third-order valence-electron chi connectivity index (χ3n) is 5.67. The van der Waals surface area contributed by atoms with Gasteiger partial charge < -0.3 is 10.2 Å². The number of nitrogens with one attached hydrogen (secondary N) is 1. The number of hydrogen-bond acceptors (Lipinski definition) is 7. The van der Waals surface area contributed by atoms with Crippen LogP contribution in [0.15, 0.2) is 60.9 Å². The molecule has 0 saturated heterocycles. The topological polar surface area (TPSA) is 124 Å². The number of halogens is 1. The van der Waals surface area contributed by atoms with Crippen molar-refractivity contribution >= 4 is 23.4 Å². The van der Waals surface area contributed by atoms with Crippen molar-refractivity contribution < 1.29 is 9.18 Å². The molecule has 0 spiro atoms. The van der Waals surface area contributed by atoms with Crippen molar-refractivity contribution in [3.63, 3.8) is 0 Å². The van der Waals surface area contributed by atoms with Crippen LogP contribution in [0.3, 0.4) is 0 Å². The number of rotatable bonds is 5. The average Bonchev–Trinajstić information content (AvgIpc) is 3.52. The van der Waals surface area contributed by atoms with Crippen LogP contribution in [-0.4, -0.2) is 32.2 Å². The summed E-state index contributed by atoms with van der Waals surface area (Å²) in [5, 5.41) is 25.7. The minimum Gasteiger partial charge on any atom is -0.310 e. The lowest BCUT2D eigenvalue weighted by Gasteiger charge is -2.19. The SMILES string of the molecule is N#Cc1cc(-c2ccnc(Nc3ccn(C#N)n3)n2)cc2c1N(C(=O)Cc1ccccc1F)CC2. The molecule has 5 rings (SSSR count). The maximum Gasteiger partial charge on any atom is 0.231 e. The van der Waals surface area contributed by atoms with Gasteiger partial charge in [0.2, 0.25) is 18.0 Å². The van der Waals surface area contributed by atoms with Crippen LogP contribution in [0.1, 0.15) is 16.7 Å². The molecule has 0 unspecified atom stereocenters. The van der Waals surface area contributed by atoms with Gasteiger partial charge in [-0.3, -0.25) is 4.79 Å². The van der Waals surface area contributed by atoms with E-state index in [1.54, 1.807) is 47.5 Å². The maximum atomic E-state index is 14.0. The Hall–Kier alpha value is -5.09. The first-order valence-corrected chi connectivity index (χ1v) is 10.7. The highest BCUT2D eigenvalue weighted by atomic mass is 19.1. The van der Waals surface area contributed by atoms with Crippen molar-refractivity contribution in [1.29, 1.82) is 10.5 Å². The Labute approximate surface area is 199 Å². The zero-order chi connectivity index (χ0) is 24.4. The standard InChI is InChI=1S/C25H17FN8O/c26-20-4-2-1-3-16(20)13-23(35)34-10-6-17-11-18(12-19(14-27)24(17)34)21-5-8-29-25(30-21)31-22-7-9-33(15-28)32-22/h1-5,7-9,11-12H,6,10,13H2,(H,29,30,31,32). The van der Waals surface area contributed by atoms with Crippen LogP contribution >= 0.6 is 0 Å². The summed E-state index contributed by atoms with van der Waals surface area (Å²) in [5.74, 6) is 0.0119. The second-order valence-corrected chi connectivity index (χ2v) is 7.84. The summed E-state index contributed by atoms with van der Waals surface area (Å²) in [4.78, 5) is 23.2. The number of carbonyl (C=O) groups is 1. The normalized spacial score (nSPS) is 12.0. The maximum absolute atomic E-state index is 14.0. The number of hydrogen-bond donors (Lipinski definition) is 1. The Bertz CT molecular complexity index is 1530. The van der Waals surface area contributed by atoms with Crippen molar-refractivity contribution in [2.75, 3.05) is 16.8 Å². The first-order valence-electron chi connectivity index (χ1n) is 10.7. The molecule has 9 nitrogen and oxygen atoms in total. The largest absolute Gasteiger partial charge is 0.310 e. The highest BCUT2D eigenvalue weighted by Gasteiger charge is 2.29. The summed E-state index contributed by atoms with van der Waals surface area (Å²) in [7, 11) is 0. The minimum atomic E-state index is -0.427. The predicted molar refractivity (Wildman–Crippen MR) is 125 cm³/mol. The smallest absolute Gasteiger partial charge is 0.231 e. The molecule has 4 aromatic rings. The summed E-state index contributed by atoms with van der Waals surface area (Å²) < 4.78 is 15.2. The third-order valence-corrected chi connectivity index (χ3v) is 5.67. The molecule has 1 N–H and O–H groups in total. The molecule has 3 heterocycles. The molecule has 0 bridgehead atoms. The van der Waals surface area contributed by atoms with E-state index < -0.39 is 5.82 Å². The molecule has 1 amide bonds. The Morgan fingerprint density at radius 2 is 2.03 bits per heavy atom. The Morgan fingerprint density at radius 1 is 1.17 bits per heavy atom. The third kappa shape index (κ3) is 4.28. The molecule has 1 aliphatic heterocycles. The van der Waals surface area contributed by atoms with Gasteiger partial charge in [-0.05, 0) is 41.8 Å². The minimum absolute atomic E-state index is 0.0821. The highest BCUT2D eigenvalue weighted by Crippen LogP contribution is 2.36. The molecular formula is C25H17FN8O. The average molecular weight is 464 g/mol. The van der Waals surface area contributed by atoms with Gasteiger partial charge in [-0.15, -0.1) is 5.10 Å². The van der Waals surface area contributed by atoms with Crippen LogP contribution in [0.5, 0.6) is 0 Å². The van der Waals surface area contributed by atoms with Crippen LogP contribution in [0.25, 0.3) is 11.3 Å². The number of nitriles is 2. The summed E-state index contributed by atoms with van der Waals surface area (Å²) >= 11 is 0. The second kappa shape index (κ2) is 9.04. The lowest BCUT2D eigenvalue weighted by Crippen LogP contribution is -2.31. The lowest BCUT2D eigenvalue weighted by molar-refractivity contribution is -0.117. The highest BCUT2D eigenvalue weighted by molar-refractivity contribution is 5.98. The fourth-order valence-corrected chi connectivity index (χ4v) is 4.07. The van der Waals surface area contributed by atoms with Gasteiger partial charge in [0, 0.05) is 30.6 Å². The number of nitrogens with zero attached hydrogens (tertiary/aromatic N) is 7. The van der Waals surface area contributed by atoms with Crippen molar-refractivity contribution in [1.82, 2.24) is 19.7 Å². The van der Waals surface area contributed by atoms with Crippen LogP contribution in [0.2, 0.25) is 0 Å². The molecule has 10 heteroatoms. The summed E-state index contributed by atoms with van der Waals surface area (Å²) in [6, 6.07) is 15.3. The molecule has 1 aliphatic rings. The number of aromatic nitrogens is 4. The Balaban J connectivity index is 1.43. The zero-order valence-electron chi connectivity index (χ0n) is 18.3. The Kier molecular flexibility index (Phi) is 5.62. The summed E-state index contributed by atoms with van der Waals surface area (Å²) in [5.41, 5.74) is 3.36. The molecule has 0 fully saturated rings. The molecule has 0 atom stereocenters. The van der Waals surface area contributed by atoms with E-state index in [0.29, 0.717) is 46.9 Å². The molecule has 2 aromatic heterocycles. The molecule has 0 radical (unpaired) electrons. The van der Waals surface area contributed by atoms with Crippen molar-refractivity contribution in [3.05, 3.63) is 83.4 Å². The van der Waals surface area contributed by atoms with Gasteiger partial charge in [0.05, 0.1) is 23.4 Å². The van der Waals surface area contributed by atoms with E-state index in [1.165, 1.54) is 12.3 Å². The predicted octanol–water partition coefficient (Wildman–Crippen LogP) is 3.56. The Morgan fingerprint density at radius 3 is 2.80 bits per heavy atom. The summed E-state index contributed by atoms with van der Waals surface area (Å²) in [6.07, 6.45) is 5.46. The molecule has 170 valence electrons. The van der Waals surface area contributed by atoms with Crippen molar-refractivity contribution in [2.45, 2.75) is 12.8 Å². The van der Waals surface area contributed by atoms with E-state index in [4.69, 9.17) is 5.26 Å². The molecule has 0 aliphatic carbocycles. The van der Waals surface area contributed by atoms with Gasteiger partial charge in [-0.1, -0.05) is 18.2 Å². The van der Waals surface area contributed by atoms with E-state index in [2.05, 4.69) is 26.5 Å². The van der Waals surface area contributed by atoms with Gasteiger partial charge in [-0.25, -0.2) is 14.4 Å². The van der Waals surface area contributed by atoms with Crippen LogP contribution in [0.4, 0.5) is 21.8 Å². The fraction of sp³-hybridized carbons (Fsp3) is 0.120. The second-order valence-electron chi connectivity index (χ2n) is 7.84. The fourth-order valence-electron chi connectivity index (χ4n) is 4.07. The van der Waals surface area contributed by atoms with Crippen LogP contribution < -0.4 is 10.2 Å². The van der Waals surface area contributed by atoms with E-state index in [0.717, 1.165) is 10.2 Å². The lowest BCUT2D eigenvalue weighted by atomic mass is 10.0. The van der Waals surface area contributed by atoms with Gasteiger partial charge in [0.15, 0.2) is 5.82 Å². The van der Waals surface area contributed by atoms with Gasteiger partial charge in [0.25, 0.3) is 0 Å².